The van der Waals surface area contributed by atoms with E-state index in [1.165, 1.54) is 39.9 Å². The van der Waals surface area contributed by atoms with Crippen molar-refractivity contribution in [3.8, 4) is 5.75 Å². The summed E-state index contributed by atoms with van der Waals surface area (Å²) >= 11 is 1.25. The van der Waals surface area contributed by atoms with Gasteiger partial charge >= 0.3 is 5.97 Å². The number of hydrogen-bond donors (Lipinski definition) is 0. The van der Waals surface area contributed by atoms with E-state index in [1.54, 1.807) is 24.6 Å². The van der Waals surface area contributed by atoms with E-state index in [1.807, 2.05) is 26.0 Å². The Labute approximate surface area is 215 Å². The highest BCUT2D eigenvalue weighted by molar-refractivity contribution is 7.89. The van der Waals surface area contributed by atoms with Crippen molar-refractivity contribution in [3.63, 3.8) is 0 Å². The molecule has 36 heavy (non-hydrogen) atoms. The summed E-state index contributed by atoms with van der Waals surface area (Å²) in [6.45, 7) is 6.68. The first kappa shape index (κ1) is 27.6. The summed E-state index contributed by atoms with van der Waals surface area (Å²) in [5.74, 6) is -0.317. The first-order valence-corrected chi connectivity index (χ1v) is 14.0. The topological polar surface area (TPSA) is 107 Å². The Hall–Kier alpha value is -3.02. The van der Waals surface area contributed by atoms with E-state index in [2.05, 4.69) is 4.99 Å². The molecule has 0 saturated heterocycles. The lowest BCUT2D eigenvalue weighted by atomic mass is 10.2. The van der Waals surface area contributed by atoms with Crippen molar-refractivity contribution >= 4 is 43.5 Å². The minimum absolute atomic E-state index is 0.102. The second-order valence-corrected chi connectivity index (χ2v) is 11.0. The molecule has 0 spiro atoms. The number of benzene rings is 2. The highest BCUT2D eigenvalue weighted by Gasteiger charge is 2.21. The quantitative estimate of drug-likeness (QED) is 0.347. The van der Waals surface area contributed by atoms with Crippen molar-refractivity contribution in [2.45, 2.75) is 45.1 Å². The molecule has 0 aliphatic carbocycles. The number of hydrogen-bond acceptors (Lipinski definition) is 7. The largest absolute Gasteiger partial charge is 0.494 e. The van der Waals surface area contributed by atoms with Crippen LogP contribution in [0.1, 0.15) is 44.0 Å². The third-order valence-electron chi connectivity index (χ3n) is 5.39. The fourth-order valence-electron chi connectivity index (χ4n) is 3.49. The molecule has 2 aromatic carbocycles. The van der Waals surface area contributed by atoms with Crippen molar-refractivity contribution in [3.05, 3.63) is 52.8 Å². The average Bonchev–Trinajstić information content (AvgIpc) is 3.18. The monoisotopic (exact) mass is 533 g/mol. The first-order chi connectivity index (χ1) is 17.2. The van der Waals surface area contributed by atoms with Gasteiger partial charge in [-0.15, -0.1) is 0 Å². The maximum atomic E-state index is 13.0. The molecule has 0 fully saturated rings. The fourth-order valence-corrected chi connectivity index (χ4v) is 5.75. The third-order valence-corrected chi connectivity index (χ3v) is 8.30. The van der Waals surface area contributed by atoms with Crippen LogP contribution in [0.2, 0.25) is 0 Å². The maximum absolute atomic E-state index is 13.0. The number of carbonyl (C=O) groups is 2. The first-order valence-electron chi connectivity index (χ1n) is 11.8. The van der Waals surface area contributed by atoms with Gasteiger partial charge < -0.3 is 14.0 Å². The summed E-state index contributed by atoms with van der Waals surface area (Å²) in [5.41, 5.74) is 0.958. The Morgan fingerprint density at radius 1 is 1.06 bits per heavy atom. The van der Waals surface area contributed by atoms with Crippen molar-refractivity contribution in [1.82, 2.24) is 8.87 Å². The predicted octanol–water partition coefficient (Wildman–Crippen LogP) is 3.83. The third kappa shape index (κ3) is 6.40. The van der Waals surface area contributed by atoms with Crippen LogP contribution in [0, 0.1) is 0 Å². The average molecular weight is 534 g/mol. The molecule has 0 radical (unpaired) electrons. The van der Waals surface area contributed by atoms with E-state index in [0.717, 1.165) is 23.1 Å². The number of esters is 1. The molecular formula is C25H31N3O6S2. The van der Waals surface area contributed by atoms with Gasteiger partial charge in [0.05, 0.1) is 28.3 Å². The zero-order valence-electron chi connectivity index (χ0n) is 20.9. The fraction of sp³-hybridized carbons (Fsp3) is 0.400. The number of sulfonamides is 1. The van der Waals surface area contributed by atoms with Gasteiger partial charge in [0.25, 0.3) is 5.91 Å². The van der Waals surface area contributed by atoms with E-state index in [9.17, 15) is 18.0 Å². The van der Waals surface area contributed by atoms with Crippen molar-refractivity contribution < 1.29 is 27.5 Å². The molecule has 0 bridgehead atoms. The highest BCUT2D eigenvalue weighted by atomic mass is 32.2. The molecule has 3 aromatic rings. The van der Waals surface area contributed by atoms with Gasteiger partial charge in [-0.05, 0) is 62.7 Å². The predicted molar refractivity (Wildman–Crippen MR) is 139 cm³/mol. The van der Waals surface area contributed by atoms with Crippen LogP contribution in [-0.2, 0) is 26.1 Å². The van der Waals surface area contributed by atoms with E-state index in [-0.39, 0.29) is 23.6 Å². The maximum Gasteiger partial charge on any atom is 0.326 e. The molecule has 0 aliphatic heterocycles. The number of rotatable bonds is 11. The van der Waals surface area contributed by atoms with Crippen LogP contribution in [0.5, 0.6) is 5.75 Å². The molecular weight excluding hydrogens is 502 g/mol. The second-order valence-electron chi connectivity index (χ2n) is 7.96. The zero-order chi connectivity index (χ0) is 26.3. The zero-order valence-corrected chi connectivity index (χ0v) is 22.5. The normalized spacial score (nSPS) is 12.3. The Balaban J connectivity index is 1.96. The van der Waals surface area contributed by atoms with Crippen molar-refractivity contribution in [2.75, 3.05) is 26.8 Å². The number of fused-ring (bicyclic) bond motifs is 1. The van der Waals surface area contributed by atoms with E-state index >= 15 is 0 Å². The van der Waals surface area contributed by atoms with E-state index in [0.29, 0.717) is 23.7 Å². The molecule has 194 valence electrons. The number of carbonyl (C=O) groups excluding carboxylic acids is 2. The van der Waals surface area contributed by atoms with Gasteiger partial charge in [-0.3, -0.25) is 9.59 Å². The molecule has 0 atom stereocenters. The van der Waals surface area contributed by atoms with Gasteiger partial charge in [-0.25, -0.2) is 12.7 Å². The summed E-state index contributed by atoms with van der Waals surface area (Å²) < 4.78 is 39.9. The highest BCUT2D eigenvalue weighted by Crippen LogP contribution is 2.24. The van der Waals surface area contributed by atoms with E-state index in [4.69, 9.17) is 9.47 Å². The number of unbranched alkanes of at least 4 members (excludes halogenated alkanes) is 1. The molecule has 1 amide bonds. The van der Waals surface area contributed by atoms with Gasteiger partial charge in [0.2, 0.25) is 10.0 Å². The SMILES string of the molecule is CCCCN(C)S(=O)(=O)c1ccc(C(=O)N=c2sc3cc(OCC)ccc3n2CC(=O)OCC)cc1. The lowest BCUT2D eigenvalue weighted by Crippen LogP contribution is -2.27. The van der Waals surface area contributed by atoms with Crippen LogP contribution in [0.25, 0.3) is 10.2 Å². The van der Waals surface area contributed by atoms with Crippen LogP contribution >= 0.6 is 11.3 Å². The number of thiazole rings is 1. The van der Waals surface area contributed by atoms with Crippen LogP contribution in [0.4, 0.5) is 0 Å². The van der Waals surface area contributed by atoms with Crippen LogP contribution in [0.15, 0.2) is 52.4 Å². The Morgan fingerprint density at radius 2 is 1.78 bits per heavy atom. The molecule has 0 aliphatic rings. The molecule has 11 heteroatoms. The van der Waals surface area contributed by atoms with Crippen molar-refractivity contribution in [2.24, 2.45) is 4.99 Å². The summed E-state index contributed by atoms with van der Waals surface area (Å²) in [5, 5.41) is 0. The summed E-state index contributed by atoms with van der Waals surface area (Å²) in [6.07, 6.45) is 1.65. The van der Waals surface area contributed by atoms with Crippen LogP contribution in [0.3, 0.4) is 0 Å². The molecule has 0 unspecified atom stereocenters. The molecule has 0 saturated carbocycles. The van der Waals surface area contributed by atoms with Gasteiger partial charge in [-0.2, -0.15) is 4.99 Å². The van der Waals surface area contributed by atoms with Gasteiger partial charge in [0, 0.05) is 19.2 Å². The number of nitrogens with zero attached hydrogens (tertiary/aromatic N) is 3. The van der Waals surface area contributed by atoms with Gasteiger partial charge in [0.1, 0.15) is 12.3 Å². The smallest absolute Gasteiger partial charge is 0.326 e. The molecule has 3 rings (SSSR count). The van der Waals surface area contributed by atoms with Gasteiger partial charge in [-0.1, -0.05) is 24.7 Å². The number of amides is 1. The second kappa shape index (κ2) is 12.3. The minimum Gasteiger partial charge on any atom is -0.494 e. The Morgan fingerprint density at radius 3 is 2.42 bits per heavy atom. The summed E-state index contributed by atoms with van der Waals surface area (Å²) in [7, 11) is -2.10. The molecule has 1 heterocycles. The van der Waals surface area contributed by atoms with Crippen LogP contribution in [-0.4, -0.2) is 56.0 Å². The lowest BCUT2D eigenvalue weighted by Gasteiger charge is -2.16. The summed E-state index contributed by atoms with van der Waals surface area (Å²) in [6, 6.07) is 11.2. The lowest BCUT2D eigenvalue weighted by molar-refractivity contribution is -0.143. The van der Waals surface area contributed by atoms with Gasteiger partial charge in [0.15, 0.2) is 4.80 Å². The summed E-state index contributed by atoms with van der Waals surface area (Å²) in [4.78, 5) is 29.9. The standard InChI is InChI=1S/C25H31N3O6S2/c1-5-8-15-27(4)36(31,32)20-12-9-18(10-13-20)24(30)26-25-28(17-23(29)34-7-3)21-14-11-19(33-6-2)16-22(21)35-25/h9-14,16H,5-8,15,17H2,1-4H3. The molecule has 0 N–H and O–H groups in total. The molecule has 1 aromatic heterocycles. The Kier molecular flexibility index (Phi) is 9.41. The van der Waals surface area contributed by atoms with Crippen molar-refractivity contribution in [1.29, 1.82) is 0 Å². The van der Waals surface area contributed by atoms with Crippen LogP contribution < -0.4 is 9.54 Å². The number of ether oxygens (including phenoxy) is 2. The minimum atomic E-state index is -3.64. The molecule has 9 nitrogen and oxygen atoms in total. The number of aromatic nitrogens is 1. The Bertz CT molecular complexity index is 1390. The van der Waals surface area contributed by atoms with E-state index < -0.39 is 21.9 Å².